The van der Waals surface area contributed by atoms with Crippen molar-refractivity contribution >= 4 is 11.6 Å². The molecular weight excluding hydrogens is 218 g/mol. The lowest BCUT2D eigenvalue weighted by atomic mass is 9.96. The van der Waals surface area contributed by atoms with Crippen LogP contribution >= 0.6 is 11.6 Å². The van der Waals surface area contributed by atoms with Crippen molar-refractivity contribution in [3.8, 4) is 0 Å². The van der Waals surface area contributed by atoms with Crippen LogP contribution in [0.15, 0.2) is 6.07 Å². The predicted molar refractivity (Wildman–Crippen MR) is 57.2 cm³/mol. The van der Waals surface area contributed by atoms with E-state index in [1.165, 1.54) is 0 Å². The lowest BCUT2D eigenvalue weighted by Gasteiger charge is -2.15. The molecule has 0 saturated carbocycles. The fourth-order valence-electron chi connectivity index (χ4n) is 2.24. The summed E-state index contributed by atoms with van der Waals surface area (Å²) >= 11 is 6.17. The van der Waals surface area contributed by atoms with Crippen LogP contribution in [-0.2, 0) is 6.42 Å². The molecule has 0 nitrogen and oxygen atoms in total. The van der Waals surface area contributed by atoms with E-state index in [-0.39, 0.29) is 5.38 Å². The third-order valence-electron chi connectivity index (χ3n) is 3.08. The minimum Gasteiger partial charge on any atom is -0.207 e. The molecule has 15 heavy (non-hydrogen) atoms. The Kier molecular flexibility index (Phi) is 2.96. The van der Waals surface area contributed by atoms with Crippen LogP contribution in [0.5, 0.6) is 0 Å². The summed E-state index contributed by atoms with van der Waals surface area (Å²) in [5.41, 5.74) is 1.81. The SMILES string of the molecule is Cc1c(F)cc(F)c2c1C(Cl)CCCC2. The van der Waals surface area contributed by atoms with E-state index >= 15 is 0 Å². The number of rotatable bonds is 0. The van der Waals surface area contributed by atoms with Gasteiger partial charge in [0, 0.05) is 6.07 Å². The first-order valence-electron chi connectivity index (χ1n) is 5.22. The van der Waals surface area contributed by atoms with Gasteiger partial charge in [-0.2, -0.15) is 0 Å². The van der Waals surface area contributed by atoms with Crippen LogP contribution in [0, 0.1) is 18.6 Å². The Hall–Kier alpha value is -0.630. The van der Waals surface area contributed by atoms with Gasteiger partial charge in [0.1, 0.15) is 11.6 Å². The minimum atomic E-state index is -0.487. The molecule has 1 unspecified atom stereocenters. The molecular formula is C12H13ClF2. The molecule has 1 aliphatic carbocycles. The quantitative estimate of drug-likeness (QED) is 0.461. The second-order valence-electron chi connectivity index (χ2n) is 4.07. The molecule has 0 amide bonds. The van der Waals surface area contributed by atoms with Gasteiger partial charge in [0.2, 0.25) is 0 Å². The summed E-state index contributed by atoms with van der Waals surface area (Å²) in [4.78, 5) is 0. The zero-order valence-electron chi connectivity index (χ0n) is 8.62. The molecule has 0 N–H and O–H groups in total. The predicted octanol–water partition coefficient (Wildman–Crippen LogP) is 4.28. The van der Waals surface area contributed by atoms with Crippen LogP contribution in [-0.4, -0.2) is 0 Å². The maximum absolute atomic E-state index is 13.6. The summed E-state index contributed by atoms with van der Waals surface area (Å²) in [6.07, 6.45) is 3.38. The minimum absolute atomic E-state index is 0.243. The molecule has 82 valence electrons. The molecule has 3 heteroatoms. The van der Waals surface area contributed by atoms with Gasteiger partial charge in [-0.3, -0.25) is 0 Å². The van der Waals surface area contributed by atoms with Gasteiger partial charge in [-0.25, -0.2) is 8.78 Å². The van der Waals surface area contributed by atoms with Crippen LogP contribution in [0.25, 0.3) is 0 Å². The highest BCUT2D eigenvalue weighted by molar-refractivity contribution is 6.21. The average Bonchev–Trinajstić information content (AvgIpc) is 2.37. The van der Waals surface area contributed by atoms with E-state index in [1.807, 2.05) is 0 Å². The fourth-order valence-corrected chi connectivity index (χ4v) is 2.69. The van der Waals surface area contributed by atoms with Crippen LogP contribution in [0.4, 0.5) is 8.78 Å². The highest BCUT2D eigenvalue weighted by atomic mass is 35.5. The smallest absolute Gasteiger partial charge is 0.129 e. The van der Waals surface area contributed by atoms with E-state index in [2.05, 4.69) is 0 Å². The summed E-state index contributed by atoms with van der Waals surface area (Å²) in [5.74, 6) is -0.931. The van der Waals surface area contributed by atoms with Crippen molar-refractivity contribution in [1.29, 1.82) is 0 Å². The largest absolute Gasteiger partial charge is 0.207 e. The molecule has 0 bridgehead atoms. The summed E-state index contributed by atoms with van der Waals surface area (Å²) in [5, 5.41) is -0.243. The molecule has 1 aromatic carbocycles. The van der Waals surface area contributed by atoms with Crippen molar-refractivity contribution in [2.45, 2.75) is 38.0 Å². The Bertz CT molecular complexity index is 388. The highest BCUT2D eigenvalue weighted by Crippen LogP contribution is 2.37. The lowest BCUT2D eigenvalue weighted by molar-refractivity contribution is 0.562. The Labute approximate surface area is 93.2 Å². The number of hydrogen-bond acceptors (Lipinski definition) is 0. The number of hydrogen-bond donors (Lipinski definition) is 0. The standard InChI is InChI=1S/C12H13ClF2/c1-7-10(14)6-11(15)8-4-2-3-5-9(13)12(7)8/h6,9H,2-5H2,1H3. The van der Waals surface area contributed by atoms with Gasteiger partial charge in [0.15, 0.2) is 0 Å². The Morgan fingerprint density at radius 3 is 2.73 bits per heavy atom. The summed E-state index contributed by atoms with van der Waals surface area (Å²) in [6.45, 7) is 1.67. The molecule has 0 aliphatic heterocycles. The first-order valence-corrected chi connectivity index (χ1v) is 5.66. The van der Waals surface area contributed by atoms with Gasteiger partial charge in [0.25, 0.3) is 0 Å². The number of fused-ring (bicyclic) bond motifs is 1. The maximum Gasteiger partial charge on any atom is 0.129 e. The fraction of sp³-hybridized carbons (Fsp3) is 0.500. The first kappa shape index (κ1) is 10.9. The van der Waals surface area contributed by atoms with Crippen molar-refractivity contribution in [3.05, 3.63) is 34.4 Å². The Balaban J connectivity index is 2.63. The van der Waals surface area contributed by atoms with Gasteiger partial charge < -0.3 is 0 Å². The number of halogens is 3. The van der Waals surface area contributed by atoms with Crippen molar-refractivity contribution in [2.75, 3.05) is 0 Å². The third-order valence-corrected chi connectivity index (χ3v) is 3.51. The van der Waals surface area contributed by atoms with E-state index in [4.69, 9.17) is 11.6 Å². The van der Waals surface area contributed by atoms with E-state index in [9.17, 15) is 8.78 Å². The van der Waals surface area contributed by atoms with Gasteiger partial charge in [0.05, 0.1) is 5.38 Å². The Morgan fingerprint density at radius 2 is 2.00 bits per heavy atom. The van der Waals surface area contributed by atoms with Crippen LogP contribution in [0.1, 0.15) is 41.3 Å². The molecule has 0 radical (unpaired) electrons. The molecule has 0 saturated heterocycles. The maximum atomic E-state index is 13.6. The monoisotopic (exact) mass is 230 g/mol. The van der Waals surface area contributed by atoms with E-state index in [1.54, 1.807) is 6.92 Å². The van der Waals surface area contributed by atoms with E-state index in [0.29, 0.717) is 23.1 Å². The highest BCUT2D eigenvalue weighted by Gasteiger charge is 2.23. The molecule has 1 aromatic rings. The van der Waals surface area contributed by atoms with Crippen molar-refractivity contribution in [2.24, 2.45) is 0 Å². The first-order chi connectivity index (χ1) is 7.11. The lowest BCUT2D eigenvalue weighted by Crippen LogP contribution is -2.03. The van der Waals surface area contributed by atoms with Crippen LogP contribution in [0.3, 0.4) is 0 Å². The molecule has 1 aliphatic rings. The zero-order chi connectivity index (χ0) is 11.0. The van der Waals surface area contributed by atoms with Crippen LogP contribution < -0.4 is 0 Å². The van der Waals surface area contributed by atoms with E-state index in [0.717, 1.165) is 25.3 Å². The van der Waals surface area contributed by atoms with Crippen molar-refractivity contribution in [3.63, 3.8) is 0 Å². The molecule has 0 aromatic heterocycles. The second-order valence-corrected chi connectivity index (χ2v) is 4.60. The number of benzene rings is 1. The van der Waals surface area contributed by atoms with Gasteiger partial charge in [-0.15, -0.1) is 11.6 Å². The average molecular weight is 231 g/mol. The number of alkyl halides is 1. The van der Waals surface area contributed by atoms with Crippen molar-refractivity contribution in [1.82, 2.24) is 0 Å². The molecule has 2 rings (SSSR count). The van der Waals surface area contributed by atoms with Gasteiger partial charge >= 0.3 is 0 Å². The van der Waals surface area contributed by atoms with Crippen LogP contribution in [0.2, 0.25) is 0 Å². The normalized spacial score (nSPS) is 20.9. The molecule has 0 fully saturated rings. The third kappa shape index (κ3) is 1.87. The Morgan fingerprint density at radius 1 is 1.27 bits per heavy atom. The van der Waals surface area contributed by atoms with Gasteiger partial charge in [-0.1, -0.05) is 6.42 Å². The molecule has 0 spiro atoms. The topological polar surface area (TPSA) is 0 Å². The van der Waals surface area contributed by atoms with Gasteiger partial charge in [-0.05, 0) is 42.9 Å². The summed E-state index contributed by atoms with van der Waals surface area (Å²) in [6, 6.07) is 0.975. The second kappa shape index (κ2) is 4.09. The molecule has 1 atom stereocenters. The summed E-state index contributed by atoms with van der Waals surface area (Å²) in [7, 11) is 0. The van der Waals surface area contributed by atoms with E-state index < -0.39 is 11.6 Å². The summed E-state index contributed by atoms with van der Waals surface area (Å²) < 4.78 is 26.9. The zero-order valence-corrected chi connectivity index (χ0v) is 9.37. The molecule has 0 heterocycles. The van der Waals surface area contributed by atoms with Crippen molar-refractivity contribution < 1.29 is 8.78 Å².